The maximum atomic E-state index is 12.2. The molecular weight excluding hydrogens is 444 g/mol. The van der Waals surface area contributed by atoms with Crippen molar-refractivity contribution in [3.05, 3.63) is 58.7 Å². The van der Waals surface area contributed by atoms with Gasteiger partial charge in [-0.1, -0.05) is 32.9 Å². The lowest BCUT2D eigenvalue weighted by molar-refractivity contribution is 0.0469. The number of benzene rings is 2. The van der Waals surface area contributed by atoms with Crippen LogP contribution >= 0.6 is 0 Å². The van der Waals surface area contributed by atoms with E-state index in [1.165, 1.54) is 11.1 Å². The van der Waals surface area contributed by atoms with E-state index in [4.69, 9.17) is 9.47 Å². The van der Waals surface area contributed by atoms with Crippen LogP contribution in [0.15, 0.2) is 36.4 Å². The first-order chi connectivity index (χ1) is 16.7. The lowest BCUT2D eigenvalue weighted by Gasteiger charge is -2.44. The lowest BCUT2D eigenvalue weighted by Crippen LogP contribution is -2.52. The minimum Gasteiger partial charge on any atom is -0.497 e. The summed E-state index contributed by atoms with van der Waals surface area (Å²) in [6, 6.07) is 11.9. The molecule has 2 saturated heterocycles. The summed E-state index contributed by atoms with van der Waals surface area (Å²) in [5.41, 5.74) is 4.01. The zero-order valence-electron chi connectivity index (χ0n) is 20.8. The van der Waals surface area contributed by atoms with Crippen LogP contribution in [0, 0.1) is 5.92 Å². The zero-order valence-corrected chi connectivity index (χ0v) is 20.8. The highest BCUT2D eigenvalue weighted by Gasteiger charge is 2.50. The summed E-state index contributed by atoms with van der Waals surface area (Å²) in [6.45, 7) is 7.54. The Morgan fingerprint density at radius 2 is 1.91 bits per heavy atom. The molecule has 0 spiro atoms. The average molecular weight is 479 g/mol. The monoisotopic (exact) mass is 478 g/mol. The van der Waals surface area contributed by atoms with Crippen molar-refractivity contribution in [1.29, 1.82) is 0 Å². The number of fused-ring (bicyclic) bond motifs is 3. The molecule has 0 aromatic heterocycles. The van der Waals surface area contributed by atoms with Gasteiger partial charge in [0, 0.05) is 30.1 Å². The quantitative estimate of drug-likeness (QED) is 0.636. The van der Waals surface area contributed by atoms with Gasteiger partial charge in [-0.15, -0.1) is 0 Å². The summed E-state index contributed by atoms with van der Waals surface area (Å²) < 4.78 is 11.8. The molecule has 3 aliphatic rings. The number of piperidine rings is 1. The van der Waals surface area contributed by atoms with Crippen LogP contribution in [0.5, 0.6) is 11.5 Å². The van der Waals surface area contributed by atoms with Gasteiger partial charge in [-0.05, 0) is 71.6 Å². The molecule has 4 unspecified atom stereocenters. The normalized spacial score (nSPS) is 25.3. The molecular formula is C28H34N2O5. The number of rotatable bonds is 5. The van der Waals surface area contributed by atoms with E-state index in [0.29, 0.717) is 24.5 Å². The second kappa shape index (κ2) is 8.77. The molecule has 2 aromatic carbocycles. The third-order valence-electron chi connectivity index (χ3n) is 7.98. The molecule has 5 rings (SSSR count). The summed E-state index contributed by atoms with van der Waals surface area (Å²) in [5, 5.41) is 12.8. The second-order valence-corrected chi connectivity index (χ2v) is 11.0. The van der Waals surface area contributed by atoms with Crippen molar-refractivity contribution in [2.24, 2.45) is 5.92 Å². The maximum Gasteiger partial charge on any atom is 0.407 e. The fraction of sp³-hybridized carbons (Fsp3) is 0.500. The van der Waals surface area contributed by atoms with Gasteiger partial charge in [0.05, 0.1) is 13.7 Å². The SMILES string of the molecule is COc1ccc(C2CC3CCC(C2COc2ccc4c(c2)C(=O)NC4)N3C(=O)O)c(C(C)(C)C)c1. The molecule has 35 heavy (non-hydrogen) atoms. The smallest absolute Gasteiger partial charge is 0.407 e. The minimum absolute atomic E-state index is 0.00132. The molecule has 2 bridgehead atoms. The number of amides is 2. The average Bonchev–Trinajstić information content (AvgIpc) is 3.36. The maximum absolute atomic E-state index is 12.2. The Bertz CT molecular complexity index is 1150. The Hall–Kier alpha value is -3.22. The minimum atomic E-state index is -0.846. The Balaban J connectivity index is 1.49. The van der Waals surface area contributed by atoms with Crippen molar-refractivity contribution in [3.8, 4) is 11.5 Å². The van der Waals surface area contributed by atoms with Gasteiger partial charge in [0.25, 0.3) is 5.91 Å². The number of methoxy groups -OCH3 is 1. The number of hydrogen-bond donors (Lipinski definition) is 2. The molecule has 186 valence electrons. The van der Waals surface area contributed by atoms with E-state index in [2.05, 4.69) is 38.2 Å². The van der Waals surface area contributed by atoms with Crippen LogP contribution < -0.4 is 14.8 Å². The van der Waals surface area contributed by atoms with Crippen molar-refractivity contribution in [2.45, 2.75) is 70.0 Å². The summed E-state index contributed by atoms with van der Waals surface area (Å²) >= 11 is 0. The molecule has 7 nitrogen and oxygen atoms in total. The van der Waals surface area contributed by atoms with E-state index in [1.807, 2.05) is 18.2 Å². The van der Waals surface area contributed by atoms with Crippen LogP contribution in [0.1, 0.15) is 73.0 Å². The summed E-state index contributed by atoms with van der Waals surface area (Å²) in [6.07, 6.45) is 1.65. The molecule has 0 radical (unpaired) electrons. The van der Waals surface area contributed by atoms with Gasteiger partial charge in [0.1, 0.15) is 11.5 Å². The third kappa shape index (κ3) is 4.21. The fourth-order valence-electron chi connectivity index (χ4n) is 6.29. The second-order valence-electron chi connectivity index (χ2n) is 11.0. The highest BCUT2D eigenvalue weighted by molar-refractivity contribution is 5.98. The van der Waals surface area contributed by atoms with Crippen molar-refractivity contribution in [2.75, 3.05) is 13.7 Å². The van der Waals surface area contributed by atoms with Gasteiger partial charge in [-0.3, -0.25) is 4.79 Å². The number of nitrogens with one attached hydrogen (secondary N) is 1. The Morgan fingerprint density at radius 1 is 1.14 bits per heavy atom. The van der Waals surface area contributed by atoms with Gasteiger partial charge in [-0.2, -0.15) is 0 Å². The first-order valence-corrected chi connectivity index (χ1v) is 12.4. The van der Waals surface area contributed by atoms with E-state index >= 15 is 0 Å². The lowest BCUT2D eigenvalue weighted by atomic mass is 9.71. The summed E-state index contributed by atoms with van der Waals surface area (Å²) in [4.78, 5) is 26.0. The predicted octanol–water partition coefficient (Wildman–Crippen LogP) is 4.93. The Kier molecular flexibility index (Phi) is 5.90. The Morgan fingerprint density at radius 3 is 2.63 bits per heavy atom. The number of carbonyl (C=O) groups excluding carboxylic acids is 1. The van der Waals surface area contributed by atoms with E-state index < -0.39 is 6.09 Å². The predicted molar refractivity (Wildman–Crippen MR) is 132 cm³/mol. The van der Waals surface area contributed by atoms with Crippen molar-refractivity contribution in [3.63, 3.8) is 0 Å². The van der Waals surface area contributed by atoms with Crippen LogP contribution in [0.25, 0.3) is 0 Å². The van der Waals surface area contributed by atoms with Gasteiger partial charge in [0.2, 0.25) is 0 Å². The summed E-state index contributed by atoms with van der Waals surface area (Å²) in [7, 11) is 1.68. The van der Waals surface area contributed by atoms with Gasteiger partial charge < -0.3 is 24.8 Å². The Labute approximate surface area is 206 Å². The third-order valence-corrected chi connectivity index (χ3v) is 7.98. The summed E-state index contributed by atoms with van der Waals surface area (Å²) in [5.74, 6) is 1.56. The van der Waals surface area contributed by atoms with Crippen LogP contribution in [0.3, 0.4) is 0 Å². The number of ether oxygens (including phenoxy) is 2. The van der Waals surface area contributed by atoms with Crippen LogP contribution in [0.2, 0.25) is 0 Å². The first-order valence-electron chi connectivity index (χ1n) is 12.4. The van der Waals surface area contributed by atoms with Crippen molar-refractivity contribution < 1.29 is 24.2 Å². The fourth-order valence-corrected chi connectivity index (χ4v) is 6.29. The molecule has 0 aliphatic carbocycles. The standard InChI is InChI=1S/C28H34N2O5/c1-28(2,3)24-13-18(34-4)8-9-20(24)22-11-17-6-10-25(30(17)27(32)33)23(22)15-35-19-7-5-16-14-29-26(31)21(16)12-19/h5,7-9,12-13,17,22-23,25H,6,10-11,14-15H2,1-4H3,(H,29,31)(H,32,33). The number of carbonyl (C=O) groups is 2. The molecule has 2 amide bonds. The van der Waals surface area contributed by atoms with Crippen molar-refractivity contribution in [1.82, 2.24) is 10.2 Å². The van der Waals surface area contributed by atoms with Crippen LogP contribution in [-0.4, -0.2) is 47.8 Å². The van der Waals surface area contributed by atoms with E-state index in [0.717, 1.165) is 30.6 Å². The van der Waals surface area contributed by atoms with Crippen LogP contribution in [-0.2, 0) is 12.0 Å². The first kappa shape index (κ1) is 23.5. The molecule has 0 saturated carbocycles. The molecule has 4 atom stereocenters. The largest absolute Gasteiger partial charge is 0.497 e. The number of nitrogens with zero attached hydrogens (tertiary/aromatic N) is 1. The number of hydrogen-bond acceptors (Lipinski definition) is 4. The topological polar surface area (TPSA) is 88.1 Å². The molecule has 7 heteroatoms. The van der Waals surface area contributed by atoms with E-state index in [1.54, 1.807) is 18.1 Å². The highest BCUT2D eigenvalue weighted by atomic mass is 16.5. The highest BCUT2D eigenvalue weighted by Crippen LogP contribution is 2.49. The van der Waals surface area contributed by atoms with E-state index in [-0.39, 0.29) is 35.2 Å². The van der Waals surface area contributed by atoms with Gasteiger partial charge in [-0.25, -0.2) is 4.79 Å². The zero-order chi connectivity index (χ0) is 24.9. The molecule has 2 fully saturated rings. The molecule has 2 N–H and O–H groups in total. The van der Waals surface area contributed by atoms with Gasteiger partial charge >= 0.3 is 6.09 Å². The van der Waals surface area contributed by atoms with Gasteiger partial charge in [0.15, 0.2) is 0 Å². The van der Waals surface area contributed by atoms with Crippen molar-refractivity contribution >= 4 is 12.0 Å². The molecule has 3 heterocycles. The molecule has 3 aliphatic heterocycles. The van der Waals surface area contributed by atoms with E-state index in [9.17, 15) is 14.7 Å². The molecule has 2 aromatic rings. The van der Waals surface area contributed by atoms with Crippen LogP contribution in [0.4, 0.5) is 4.79 Å². The number of carboxylic acid groups (broad SMARTS) is 1.